The van der Waals surface area contributed by atoms with E-state index in [-0.39, 0.29) is 5.75 Å². The maximum absolute atomic E-state index is 9.79. The van der Waals surface area contributed by atoms with Crippen molar-refractivity contribution in [1.82, 2.24) is 16.0 Å². The van der Waals surface area contributed by atoms with Crippen LogP contribution in [0.2, 0.25) is 0 Å². The van der Waals surface area contributed by atoms with E-state index in [1.807, 2.05) is 18.2 Å². The summed E-state index contributed by atoms with van der Waals surface area (Å²) in [5.41, 5.74) is 2.03. The summed E-state index contributed by atoms with van der Waals surface area (Å²) >= 11 is 0. The molecule has 166 valence electrons. The Hall–Kier alpha value is -2.68. The molecule has 2 aromatic rings. The summed E-state index contributed by atoms with van der Waals surface area (Å²) in [5.74, 6) is 2.59. The lowest BCUT2D eigenvalue weighted by molar-refractivity contribution is 0.321. The Kier molecular flexibility index (Phi) is 10.1. The molecule has 0 spiro atoms. The van der Waals surface area contributed by atoms with E-state index in [2.05, 4.69) is 16.0 Å². The van der Waals surface area contributed by atoms with E-state index in [1.54, 1.807) is 33.5 Å². The van der Waals surface area contributed by atoms with E-state index < -0.39 is 0 Å². The van der Waals surface area contributed by atoms with Gasteiger partial charge in [-0.25, -0.2) is 0 Å². The molecule has 0 amide bonds. The van der Waals surface area contributed by atoms with Crippen LogP contribution in [0.15, 0.2) is 30.3 Å². The third kappa shape index (κ3) is 6.69. The third-order valence-electron chi connectivity index (χ3n) is 4.63. The van der Waals surface area contributed by atoms with Gasteiger partial charge in [0.15, 0.2) is 23.0 Å². The van der Waals surface area contributed by atoms with Gasteiger partial charge in [0.05, 0.1) is 28.4 Å². The molecule has 0 atom stereocenters. The first-order valence-corrected chi connectivity index (χ1v) is 9.90. The molecule has 2 rings (SSSR count). The number of hydrogen-bond acceptors (Lipinski definition) is 8. The number of ether oxygens (including phenoxy) is 4. The van der Waals surface area contributed by atoms with Crippen LogP contribution < -0.4 is 34.9 Å². The van der Waals surface area contributed by atoms with Gasteiger partial charge in [0.25, 0.3) is 0 Å². The average molecular weight is 420 g/mol. The maximum atomic E-state index is 9.79. The number of methoxy groups -OCH3 is 4. The highest BCUT2D eigenvalue weighted by Crippen LogP contribution is 2.39. The summed E-state index contributed by atoms with van der Waals surface area (Å²) in [6.07, 6.45) is 0. The number of hydrogen-bond donors (Lipinski definition) is 4. The summed E-state index contributed by atoms with van der Waals surface area (Å²) in [4.78, 5) is 0. The van der Waals surface area contributed by atoms with Crippen molar-refractivity contribution >= 4 is 0 Å². The molecule has 2 aromatic carbocycles. The van der Waals surface area contributed by atoms with Gasteiger partial charge in [-0.2, -0.15) is 0 Å². The molecule has 0 fully saturated rings. The molecule has 0 aromatic heterocycles. The molecule has 0 heterocycles. The third-order valence-corrected chi connectivity index (χ3v) is 4.63. The molecule has 4 N–H and O–H groups in total. The van der Waals surface area contributed by atoms with E-state index >= 15 is 0 Å². The zero-order chi connectivity index (χ0) is 21.8. The number of benzene rings is 2. The normalized spacial score (nSPS) is 10.7. The molecular formula is C22H33N3O5. The summed E-state index contributed by atoms with van der Waals surface area (Å²) in [6, 6.07) is 9.27. The van der Waals surface area contributed by atoms with Crippen molar-refractivity contribution in [2.75, 3.05) is 54.6 Å². The average Bonchev–Trinajstić information content (AvgIpc) is 2.77. The standard InChI is InChI=1S/C22H33N3O5/c1-27-19-7-5-16(13-18(19)26)14-24-11-9-23-10-12-25-15-17-6-8-20(28-2)22(30-4)21(17)29-3/h5-8,13,23-26H,9-12,14-15H2,1-4H3. The Morgan fingerprint density at radius 1 is 0.667 bits per heavy atom. The molecule has 0 aliphatic heterocycles. The van der Waals surface area contributed by atoms with Gasteiger partial charge in [0.1, 0.15) is 0 Å². The first-order chi connectivity index (χ1) is 14.6. The smallest absolute Gasteiger partial charge is 0.203 e. The van der Waals surface area contributed by atoms with E-state index in [9.17, 15) is 5.11 Å². The molecule has 0 saturated carbocycles. The van der Waals surface area contributed by atoms with Crippen LogP contribution in [-0.2, 0) is 13.1 Å². The zero-order valence-electron chi connectivity index (χ0n) is 18.2. The lowest BCUT2D eigenvalue weighted by Gasteiger charge is -2.16. The van der Waals surface area contributed by atoms with E-state index in [1.165, 1.54) is 7.11 Å². The van der Waals surface area contributed by atoms with Gasteiger partial charge >= 0.3 is 0 Å². The van der Waals surface area contributed by atoms with Crippen molar-refractivity contribution in [2.24, 2.45) is 0 Å². The number of aromatic hydroxyl groups is 1. The first-order valence-electron chi connectivity index (χ1n) is 9.90. The topological polar surface area (TPSA) is 93.2 Å². The maximum Gasteiger partial charge on any atom is 0.203 e. The van der Waals surface area contributed by atoms with Crippen molar-refractivity contribution in [1.29, 1.82) is 0 Å². The quantitative estimate of drug-likeness (QED) is 0.345. The minimum Gasteiger partial charge on any atom is -0.504 e. The summed E-state index contributed by atoms with van der Waals surface area (Å²) in [6.45, 7) is 4.71. The summed E-state index contributed by atoms with van der Waals surface area (Å²) < 4.78 is 21.3. The van der Waals surface area contributed by atoms with Gasteiger partial charge in [0.2, 0.25) is 5.75 Å². The second-order valence-corrected chi connectivity index (χ2v) is 6.60. The molecule has 0 radical (unpaired) electrons. The Balaban J connectivity index is 1.62. The van der Waals surface area contributed by atoms with Crippen molar-refractivity contribution in [3.63, 3.8) is 0 Å². The largest absolute Gasteiger partial charge is 0.504 e. The Labute approximate surface area is 178 Å². The van der Waals surface area contributed by atoms with Gasteiger partial charge < -0.3 is 40.0 Å². The van der Waals surface area contributed by atoms with Gasteiger partial charge in [-0.05, 0) is 23.8 Å². The fraction of sp³-hybridized carbons (Fsp3) is 0.455. The number of nitrogens with one attached hydrogen (secondary N) is 3. The lowest BCUT2D eigenvalue weighted by atomic mass is 10.1. The molecule has 0 saturated heterocycles. The molecule has 8 heteroatoms. The molecule has 0 bridgehead atoms. The van der Waals surface area contributed by atoms with Crippen molar-refractivity contribution in [3.8, 4) is 28.7 Å². The number of phenolic OH excluding ortho intramolecular Hbond substituents is 1. The van der Waals surface area contributed by atoms with Crippen molar-refractivity contribution in [3.05, 3.63) is 41.5 Å². The molecule has 0 unspecified atom stereocenters. The predicted octanol–water partition coefficient (Wildman–Crippen LogP) is 1.90. The molecule has 0 aliphatic carbocycles. The molecule has 8 nitrogen and oxygen atoms in total. The fourth-order valence-corrected chi connectivity index (χ4v) is 3.08. The highest BCUT2D eigenvalue weighted by molar-refractivity contribution is 5.55. The van der Waals surface area contributed by atoms with Crippen LogP contribution in [-0.4, -0.2) is 59.7 Å². The summed E-state index contributed by atoms with van der Waals surface area (Å²) in [7, 11) is 6.38. The van der Waals surface area contributed by atoms with Crippen LogP contribution >= 0.6 is 0 Å². The van der Waals surface area contributed by atoms with Crippen LogP contribution in [0.4, 0.5) is 0 Å². The second kappa shape index (κ2) is 12.8. The lowest BCUT2D eigenvalue weighted by Crippen LogP contribution is -2.32. The van der Waals surface area contributed by atoms with Gasteiger partial charge in [-0.1, -0.05) is 12.1 Å². The van der Waals surface area contributed by atoms with E-state index in [4.69, 9.17) is 18.9 Å². The van der Waals surface area contributed by atoms with Crippen LogP contribution in [0.25, 0.3) is 0 Å². The van der Waals surface area contributed by atoms with Crippen LogP contribution in [0, 0.1) is 0 Å². The summed E-state index contributed by atoms with van der Waals surface area (Å²) in [5, 5.41) is 19.9. The van der Waals surface area contributed by atoms with E-state index in [0.717, 1.165) is 37.3 Å². The van der Waals surface area contributed by atoms with Crippen LogP contribution in [0.3, 0.4) is 0 Å². The molecule has 0 aliphatic rings. The highest BCUT2D eigenvalue weighted by atomic mass is 16.5. The zero-order valence-corrected chi connectivity index (χ0v) is 18.2. The molecular weight excluding hydrogens is 386 g/mol. The minimum atomic E-state index is 0.159. The van der Waals surface area contributed by atoms with Crippen LogP contribution in [0.5, 0.6) is 28.7 Å². The first kappa shape index (κ1) is 23.6. The minimum absolute atomic E-state index is 0.159. The SMILES string of the molecule is COc1ccc(CNCCNCCNCc2ccc(OC)c(OC)c2OC)cc1O. The fourth-order valence-electron chi connectivity index (χ4n) is 3.08. The second-order valence-electron chi connectivity index (χ2n) is 6.60. The molecule has 30 heavy (non-hydrogen) atoms. The van der Waals surface area contributed by atoms with E-state index in [0.29, 0.717) is 36.1 Å². The number of rotatable bonds is 14. The van der Waals surface area contributed by atoms with Gasteiger partial charge in [-0.3, -0.25) is 0 Å². The Morgan fingerprint density at radius 3 is 1.87 bits per heavy atom. The Morgan fingerprint density at radius 2 is 1.27 bits per heavy atom. The monoisotopic (exact) mass is 419 g/mol. The Bertz CT molecular complexity index is 786. The van der Waals surface area contributed by atoms with Gasteiger partial charge in [-0.15, -0.1) is 0 Å². The van der Waals surface area contributed by atoms with Gasteiger partial charge in [0, 0.05) is 44.8 Å². The van der Waals surface area contributed by atoms with Crippen molar-refractivity contribution < 1.29 is 24.1 Å². The predicted molar refractivity (Wildman–Crippen MR) is 117 cm³/mol. The number of phenols is 1. The van der Waals surface area contributed by atoms with Crippen molar-refractivity contribution in [2.45, 2.75) is 13.1 Å². The highest BCUT2D eigenvalue weighted by Gasteiger charge is 2.15. The van der Waals surface area contributed by atoms with Crippen LogP contribution in [0.1, 0.15) is 11.1 Å².